The fourth-order valence-corrected chi connectivity index (χ4v) is 2.99. The number of amides is 1. The Morgan fingerprint density at radius 2 is 2.50 bits per heavy atom. The molecule has 100 valence electrons. The maximum absolute atomic E-state index is 10.9. The van der Waals surface area contributed by atoms with E-state index in [9.17, 15) is 4.79 Å². The van der Waals surface area contributed by atoms with E-state index in [4.69, 9.17) is 5.73 Å². The molecule has 0 saturated carbocycles. The van der Waals surface area contributed by atoms with Gasteiger partial charge in [-0.25, -0.2) is 4.98 Å². The van der Waals surface area contributed by atoms with Crippen LogP contribution < -0.4 is 11.1 Å². The summed E-state index contributed by atoms with van der Waals surface area (Å²) >= 11 is 1.47. The quantitative estimate of drug-likeness (QED) is 0.862. The topological polar surface area (TPSA) is 71.2 Å². The summed E-state index contributed by atoms with van der Waals surface area (Å²) in [5.74, 6) is -0.0761. The minimum Gasteiger partial charge on any atom is -0.330 e. The molecule has 18 heavy (non-hydrogen) atoms. The average Bonchev–Trinajstić information content (AvgIpc) is 2.87. The highest BCUT2D eigenvalue weighted by Crippen LogP contribution is 2.29. The molecule has 1 amide bonds. The number of hydrogen-bond donors (Lipinski definition) is 2. The molecule has 0 aromatic carbocycles. The van der Waals surface area contributed by atoms with Crippen molar-refractivity contribution in [2.75, 3.05) is 25.0 Å². The normalized spacial score (nSPS) is 24.4. The number of carbonyl (C=O) groups excluding carboxylic acids is 1. The molecule has 1 aliphatic rings. The predicted octanol–water partition coefficient (Wildman–Crippen LogP) is 1.27. The molecule has 0 bridgehead atoms. The minimum atomic E-state index is -0.0761. The molecule has 2 heterocycles. The van der Waals surface area contributed by atoms with Gasteiger partial charge in [-0.3, -0.25) is 9.69 Å². The smallest absolute Gasteiger partial charge is 0.223 e. The first-order chi connectivity index (χ1) is 8.50. The van der Waals surface area contributed by atoms with Crippen LogP contribution >= 0.6 is 11.3 Å². The predicted molar refractivity (Wildman–Crippen MR) is 73.5 cm³/mol. The molecule has 1 aromatic rings. The van der Waals surface area contributed by atoms with Crippen molar-refractivity contribution in [1.82, 2.24) is 9.88 Å². The van der Waals surface area contributed by atoms with Crippen molar-refractivity contribution in [2.24, 2.45) is 11.1 Å². The van der Waals surface area contributed by atoms with Gasteiger partial charge in [-0.15, -0.1) is 11.3 Å². The molecule has 0 radical (unpaired) electrons. The van der Waals surface area contributed by atoms with Gasteiger partial charge in [0.2, 0.25) is 5.91 Å². The second-order valence-corrected chi connectivity index (χ2v) is 6.16. The van der Waals surface area contributed by atoms with Gasteiger partial charge in [0.05, 0.1) is 5.69 Å². The standard InChI is InChI=1S/C12H20N4OS/c1-9(17)14-11-15-10(6-18-11)5-16-4-3-12(2,7-13)8-16/h6H,3-5,7-8,13H2,1-2H3,(H,14,15,17). The average molecular weight is 268 g/mol. The molecule has 1 aliphatic heterocycles. The number of nitrogens with one attached hydrogen (secondary N) is 1. The summed E-state index contributed by atoms with van der Waals surface area (Å²) in [6.45, 7) is 7.39. The lowest BCUT2D eigenvalue weighted by Crippen LogP contribution is -2.31. The Hall–Kier alpha value is -0.980. The summed E-state index contributed by atoms with van der Waals surface area (Å²) in [5, 5.41) is 5.39. The largest absolute Gasteiger partial charge is 0.330 e. The highest BCUT2D eigenvalue weighted by atomic mass is 32.1. The number of aromatic nitrogens is 1. The van der Waals surface area contributed by atoms with Gasteiger partial charge >= 0.3 is 0 Å². The second kappa shape index (κ2) is 5.34. The van der Waals surface area contributed by atoms with E-state index in [0.29, 0.717) is 5.13 Å². The number of rotatable bonds is 4. The van der Waals surface area contributed by atoms with Gasteiger partial charge in [-0.1, -0.05) is 6.92 Å². The van der Waals surface area contributed by atoms with Crippen LogP contribution in [0.1, 0.15) is 26.0 Å². The van der Waals surface area contributed by atoms with Crippen LogP contribution in [0.25, 0.3) is 0 Å². The van der Waals surface area contributed by atoms with Crippen molar-refractivity contribution in [3.05, 3.63) is 11.1 Å². The number of carbonyl (C=O) groups is 1. The number of hydrogen-bond acceptors (Lipinski definition) is 5. The Balaban J connectivity index is 1.91. The molecule has 6 heteroatoms. The Bertz CT molecular complexity index is 433. The van der Waals surface area contributed by atoms with Gasteiger partial charge in [0.15, 0.2) is 5.13 Å². The van der Waals surface area contributed by atoms with Crippen LogP contribution in [-0.2, 0) is 11.3 Å². The lowest BCUT2D eigenvalue weighted by atomic mass is 9.90. The lowest BCUT2D eigenvalue weighted by Gasteiger charge is -2.22. The third-order valence-electron chi connectivity index (χ3n) is 3.35. The van der Waals surface area contributed by atoms with Crippen molar-refractivity contribution >= 4 is 22.4 Å². The summed E-state index contributed by atoms with van der Waals surface area (Å²) < 4.78 is 0. The third kappa shape index (κ3) is 3.28. The summed E-state index contributed by atoms with van der Waals surface area (Å²) in [7, 11) is 0. The zero-order chi connectivity index (χ0) is 13.2. The van der Waals surface area contributed by atoms with Gasteiger partial charge in [0, 0.05) is 25.4 Å². The number of thiazole rings is 1. The maximum atomic E-state index is 10.9. The molecule has 1 unspecified atom stereocenters. The molecular formula is C12H20N4OS. The van der Waals surface area contributed by atoms with Gasteiger partial charge in [-0.05, 0) is 24.9 Å². The van der Waals surface area contributed by atoms with E-state index in [1.807, 2.05) is 5.38 Å². The van der Waals surface area contributed by atoms with Gasteiger partial charge in [0.1, 0.15) is 0 Å². The van der Waals surface area contributed by atoms with Crippen LogP contribution in [-0.4, -0.2) is 35.4 Å². The van der Waals surface area contributed by atoms with Gasteiger partial charge in [0.25, 0.3) is 0 Å². The van der Waals surface area contributed by atoms with Gasteiger partial charge in [-0.2, -0.15) is 0 Å². The first kappa shape index (κ1) is 13.5. The molecule has 2 rings (SSSR count). The van der Waals surface area contributed by atoms with Crippen LogP contribution in [0, 0.1) is 5.41 Å². The van der Waals surface area contributed by atoms with Crippen LogP contribution in [0.4, 0.5) is 5.13 Å². The van der Waals surface area contributed by atoms with Crippen molar-refractivity contribution in [1.29, 1.82) is 0 Å². The van der Waals surface area contributed by atoms with E-state index in [2.05, 4.69) is 22.1 Å². The zero-order valence-corrected chi connectivity index (χ0v) is 11.7. The van der Waals surface area contributed by atoms with E-state index in [1.165, 1.54) is 18.3 Å². The highest BCUT2D eigenvalue weighted by Gasteiger charge is 2.32. The number of anilines is 1. The molecule has 3 N–H and O–H groups in total. The SMILES string of the molecule is CC(=O)Nc1nc(CN2CCC(C)(CN)C2)cs1. The molecule has 1 fully saturated rings. The van der Waals surface area contributed by atoms with Gasteiger partial charge < -0.3 is 11.1 Å². The Kier molecular flexibility index (Phi) is 3.99. The number of nitrogens with zero attached hydrogens (tertiary/aromatic N) is 2. The molecular weight excluding hydrogens is 248 g/mol. The molecule has 1 atom stereocenters. The Labute approximate surface area is 111 Å². The summed E-state index contributed by atoms with van der Waals surface area (Å²) in [5.41, 5.74) is 7.06. The number of nitrogens with two attached hydrogens (primary N) is 1. The van der Waals surface area contributed by atoms with E-state index in [1.54, 1.807) is 0 Å². The third-order valence-corrected chi connectivity index (χ3v) is 4.16. The number of likely N-dealkylation sites (tertiary alicyclic amines) is 1. The van der Waals surface area contributed by atoms with Crippen LogP contribution in [0.3, 0.4) is 0 Å². The first-order valence-corrected chi connectivity index (χ1v) is 7.03. The Morgan fingerprint density at radius 1 is 1.72 bits per heavy atom. The van der Waals surface area contributed by atoms with Crippen molar-refractivity contribution in [2.45, 2.75) is 26.8 Å². The molecule has 0 aliphatic carbocycles. The van der Waals surface area contributed by atoms with E-state index < -0.39 is 0 Å². The van der Waals surface area contributed by atoms with Crippen molar-refractivity contribution in [3.63, 3.8) is 0 Å². The summed E-state index contributed by atoms with van der Waals surface area (Å²) in [4.78, 5) is 17.7. The fourth-order valence-electron chi connectivity index (χ4n) is 2.24. The van der Waals surface area contributed by atoms with E-state index in [0.717, 1.165) is 38.3 Å². The van der Waals surface area contributed by atoms with Crippen LogP contribution in [0.5, 0.6) is 0 Å². The van der Waals surface area contributed by atoms with Crippen LogP contribution in [0.2, 0.25) is 0 Å². The highest BCUT2D eigenvalue weighted by molar-refractivity contribution is 7.13. The van der Waals surface area contributed by atoms with Crippen molar-refractivity contribution in [3.8, 4) is 0 Å². The monoisotopic (exact) mass is 268 g/mol. The first-order valence-electron chi connectivity index (χ1n) is 6.15. The second-order valence-electron chi connectivity index (χ2n) is 5.30. The van der Waals surface area contributed by atoms with Crippen LogP contribution in [0.15, 0.2) is 5.38 Å². The van der Waals surface area contributed by atoms with E-state index in [-0.39, 0.29) is 11.3 Å². The maximum Gasteiger partial charge on any atom is 0.223 e. The summed E-state index contributed by atoms with van der Waals surface area (Å²) in [6, 6.07) is 0. The molecule has 1 saturated heterocycles. The molecule has 1 aromatic heterocycles. The van der Waals surface area contributed by atoms with Crippen molar-refractivity contribution < 1.29 is 4.79 Å². The molecule has 0 spiro atoms. The fraction of sp³-hybridized carbons (Fsp3) is 0.667. The summed E-state index contributed by atoms with van der Waals surface area (Å²) in [6.07, 6.45) is 1.15. The minimum absolute atomic E-state index is 0.0761. The van der Waals surface area contributed by atoms with E-state index >= 15 is 0 Å². The Morgan fingerprint density at radius 3 is 3.11 bits per heavy atom. The lowest BCUT2D eigenvalue weighted by molar-refractivity contribution is -0.114. The zero-order valence-electron chi connectivity index (χ0n) is 10.9. The molecule has 5 nitrogen and oxygen atoms in total.